The fourth-order valence-corrected chi connectivity index (χ4v) is 3.45. The van der Waals surface area contributed by atoms with Crippen molar-refractivity contribution in [1.29, 1.82) is 0 Å². The Hall–Kier alpha value is -3.64. The number of carbonyl (C=O) groups is 2. The van der Waals surface area contributed by atoms with Gasteiger partial charge in [-0.15, -0.1) is 0 Å². The molecule has 0 saturated heterocycles. The number of aromatic nitrogens is 1. The number of unbranched alkanes of at least 4 members (excludes halogenated alkanes) is 1. The van der Waals surface area contributed by atoms with Crippen molar-refractivity contribution >= 4 is 11.8 Å². The number of benzene rings is 1. The Morgan fingerprint density at radius 1 is 1.21 bits per heavy atom. The van der Waals surface area contributed by atoms with Crippen molar-refractivity contribution in [3.8, 4) is 5.75 Å². The quantitative estimate of drug-likeness (QED) is 0.584. The van der Waals surface area contributed by atoms with Gasteiger partial charge in [0.1, 0.15) is 30.4 Å². The van der Waals surface area contributed by atoms with Crippen molar-refractivity contribution in [3.05, 3.63) is 63.1 Å². The second-order valence-corrected chi connectivity index (χ2v) is 7.68. The summed E-state index contributed by atoms with van der Waals surface area (Å²) in [4.78, 5) is 38.3. The van der Waals surface area contributed by atoms with Gasteiger partial charge in [0.2, 0.25) is 5.43 Å². The molecule has 0 atom stereocenters. The number of halogens is 5. The van der Waals surface area contributed by atoms with Crippen LogP contribution in [0.5, 0.6) is 5.75 Å². The van der Waals surface area contributed by atoms with Crippen molar-refractivity contribution in [2.24, 2.45) is 0 Å². The van der Waals surface area contributed by atoms with Crippen LogP contribution in [0.4, 0.5) is 22.0 Å². The Balaban J connectivity index is 1.96. The van der Waals surface area contributed by atoms with E-state index in [4.69, 9.17) is 0 Å². The Morgan fingerprint density at radius 2 is 1.91 bits per heavy atom. The van der Waals surface area contributed by atoms with Crippen molar-refractivity contribution < 1.29 is 36.6 Å². The molecule has 0 radical (unpaired) electrons. The molecule has 0 bridgehead atoms. The fourth-order valence-electron chi connectivity index (χ4n) is 3.45. The maximum absolute atomic E-state index is 13.8. The lowest BCUT2D eigenvalue weighted by atomic mass is 10.1. The largest absolute Gasteiger partial charge is 0.502 e. The third kappa shape index (κ3) is 5.29. The molecule has 1 aliphatic heterocycles. The summed E-state index contributed by atoms with van der Waals surface area (Å²) in [5, 5.41) is 14.0. The summed E-state index contributed by atoms with van der Waals surface area (Å²) in [6, 6.07) is 2.70. The van der Waals surface area contributed by atoms with E-state index in [0.29, 0.717) is 23.8 Å². The first-order valence-electron chi connectivity index (χ1n) is 10.2. The van der Waals surface area contributed by atoms with Gasteiger partial charge in [-0.1, -0.05) is 19.4 Å². The van der Waals surface area contributed by atoms with Gasteiger partial charge in [-0.25, -0.2) is 8.78 Å². The third-order valence-electron chi connectivity index (χ3n) is 5.13. The maximum Gasteiger partial charge on any atom is 0.406 e. The van der Waals surface area contributed by atoms with E-state index in [1.807, 2.05) is 6.92 Å². The van der Waals surface area contributed by atoms with Gasteiger partial charge in [0.15, 0.2) is 11.4 Å². The first-order chi connectivity index (χ1) is 15.9. The van der Waals surface area contributed by atoms with Crippen LogP contribution in [0.1, 0.15) is 46.2 Å². The van der Waals surface area contributed by atoms with Crippen molar-refractivity contribution in [1.82, 2.24) is 14.9 Å². The molecule has 1 aromatic heterocycles. The average Bonchev–Trinajstić information content (AvgIpc) is 2.75. The summed E-state index contributed by atoms with van der Waals surface area (Å²) in [5.41, 5.74) is -2.65. The highest BCUT2D eigenvalue weighted by Gasteiger charge is 2.40. The number of carbonyl (C=O) groups excluding carboxylic acids is 2. The number of amides is 2. The van der Waals surface area contributed by atoms with Crippen LogP contribution < -0.4 is 15.8 Å². The Morgan fingerprint density at radius 3 is 2.53 bits per heavy atom. The molecule has 2 N–H and O–H groups in total. The number of nitrogens with one attached hydrogen (secondary N) is 1. The summed E-state index contributed by atoms with van der Waals surface area (Å²) < 4.78 is 66.7. The minimum Gasteiger partial charge on any atom is -0.502 e. The molecule has 8 nitrogen and oxygen atoms in total. The molecule has 1 aliphatic rings. The van der Waals surface area contributed by atoms with Crippen LogP contribution in [-0.2, 0) is 6.54 Å². The van der Waals surface area contributed by atoms with E-state index in [1.54, 1.807) is 0 Å². The highest BCUT2D eigenvalue weighted by atomic mass is 19.4. The fraction of sp³-hybridized carbons (Fsp3) is 0.381. The van der Waals surface area contributed by atoms with Crippen molar-refractivity contribution in [3.63, 3.8) is 0 Å². The van der Waals surface area contributed by atoms with E-state index in [2.05, 4.69) is 5.32 Å². The van der Waals surface area contributed by atoms with E-state index in [-0.39, 0.29) is 12.1 Å². The van der Waals surface area contributed by atoms with Gasteiger partial charge >= 0.3 is 6.18 Å². The number of aromatic hydroxyl groups is 1. The number of hydrogen-bond donors (Lipinski definition) is 2. The second kappa shape index (κ2) is 9.69. The van der Waals surface area contributed by atoms with Gasteiger partial charge in [0.25, 0.3) is 11.8 Å². The zero-order chi connectivity index (χ0) is 25.2. The van der Waals surface area contributed by atoms with Crippen LogP contribution in [-0.4, -0.2) is 52.4 Å². The molecular weight excluding hydrogens is 467 g/mol. The highest BCUT2D eigenvalue weighted by molar-refractivity contribution is 5.99. The molecule has 1 aromatic carbocycles. The molecule has 184 valence electrons. The van der Waals surface area contributed by atoms with Crippen LogP contribution in [0.15, 0.2) is 29.2 Å². The first kappa shape index (κ1) is 25.0. The summed E-state index contributed by atoms with van der Waals surface area (Å²) in [6.45, 7) is -0.497. The number of rotatable bonds is 7. The van der Waals surface area contributed by atoms with Crippen LogP contribution >= 0.6 is 0 Å². The maximum atomic E-state index is 13.8. The number of alkyl halides is 3. The molecule has 2 amide bonds. The molecule has 0 fully saturated rings. The summed E-state index contributed by atoms with van der Waals surface area (Å²) in [7, 11) is 0. The molecule has 13 heteroatoms. The number of hydrogen-bond acceptors (Lipinski definition) is 5. The van der Waals surface area contributed by atoms with E-state index < -0.39 is 71.8 Å². The lowest BCUT2D eigenvalue weighted by Crippen LogP contribution is -2.56. The molecule has 3 rings (SSSR count). The lowest BCUT2D eigenvalue weighted by molar-refractivity contribution is -0.141. The summed E-state index contributed by atoms with van der Waals surface area (Å²) >= 11 is 0. The normalized spacial score (nSPS) is 13.8. The summed E-state index contributed by atoms with van der Waals surface area (Å²) in [6.07, 6.45) is -2.60. The minimum absolute atomic E-state index is 0.0698. The molecule has 2 heterocycles. The zero-order valence-corrected chi connectivity index (χ0v) is 18.0. The zero-order valence-electron chi connectivity index (χ0n) is 18.0. The van der Waals surface area contributed by atoms with E-state index >= 15 is 0 Å². The SMILES string of the molecule is CCCCN1CN(CC(F)(F)F)C(=O)c2c(O)c(=O)c(C(=O)NCc3ccc(F)cc3F)cn21. The molecule has 34 heavy (non-hydrogen) atoms. The van der Waals surface area contributed by atoms with Gasteiger partial charge in [0.05, 0.1) is 0 Å². The molecule has 0 spiro atoms. The van der Waals surface area contributed by atoms with Gasteiger partial charge < -0.3 is 15.3 Å². The van der Waals surface area contributed by atoms with Gasteiger partial charge in [-0.2, -0.15) is 13.2 Å². The van der Waals surface area contributed by atoms with Gasteiger partial charge in [-0.05, 0) is 12.5 Å². The average molecular weight is 488 g/mol. The first-order valence-corrected chi connectivity index (χ1v) is 10.2. The van der Waals surface area contributed by atoms with Crippen molar-refractivity contribution in [2.45, 2.75) is 32.5 Å². The summed E-state index contributed by atoms with van der Waals surface area (Å²) in [5.74, 6) is -5.17. The van der Waals surface area contributed by atoms with Crippen LogP contribution in [0.2, 0.25) is 0 Å². The van der Waals surface area contributed by atoms with Gasteiger partial charge in [0, 0.05) is 30.9 Å². The predicted molar refractivity (Wildman–Crippen MR) is 110 cm³/mol. The topological polar surface area (TPSA) is 94.9 Å². The Labute approximate surface area is 190 Å². The third-order valence-corrected chi connectivity index (χ3v) is 5.13. The van der Waals surface area contributed by atoms with Crippen LogP contribution in [0.25, 0.3) is 0 Å². The Bertz CT molecular complexity index is 1170. The smallest absolute Gasteiger partial charge is 0.406 e. The Kier molecular flexibility index (Phi) is 7.12. The van der Waals surface area contributed by atoms with E-state index in [1.165, 1.54) is 5.01 Å². The number of pyridine rings is 1. The molecule has 0 unspecified atom stereocenters. The number of nitrogens with zero attached hydrogens (tertiary/aromatic N) is 3. The molecule has 0 saturated carbocycles. The second-order valence-electron chi connectivity index (χ2n) is 7.68. The van der Waals surface area contributed by atoms with Gasteiger partial charge in [-0.3, -0.25) is 24.1 Å². The molecule has 0 aliphatic carbocycles. The van der Waals surface area contributed by atoms with E-state index in [0.717, 1.165) is 23.0 Å². The number of fused-ring (bicyclic) bond motifs is 1. The van der Waals surface area contributed by atoms with Crippen LogP contribution in [0.3, 0.4) is 0 Å². The molecule has 2 aromatic rings. The van der Waals surface area contributed by atoms with E-state index in [9.17, 15) is 41.4 Å². The lowest BCUT2D eigenvalue weighted by Gasteiger charge is -2.40. The standard InChI is InChI=1S/C21H21F5N4O4/c1-2-3-6-29-11-28(10-21(24,25)26)20(34)16-18(32)17(31)14(9-30(16)29)19(33)27-8-12-4-5-13(22)7-15(12)23/h4-5,7,9,32H,2-3,6,8,10-11H2,1H3,(H,27,33). The predicted octanol–water partition coefficient (Wildman–Crippen LogP) is 2.48. The monoisotopic (exact) mass is 488 g/mol. The van der Waals surface area contributed by atoms with Crippen molar-refractivity contribution in [2.75, 3.05) is 24.8 Å². The highest BCUT2D eigenvalue weighted by Crippen LogP contribution is 2.25. The van der Waals surface area contributed by atoms with Crippen LogP contribution in [0, 0.1) is 11.6 Å². The minimum atomic E-state index is -4.71. The molecular formula is C21H21F5N4O4.